The van der Waals surface area contributed by atoms with E-state index in [1.165, 1.54) is 0 Å². The van der Waals surface area contributed by atoms with Crippen LogP contribution in [0.1, 0.15) is 16.8 Å². The Balaban J connectivity index is 2.21. The van der Waals surface area contributed by atoms with Crippen molar-refractivity contribution in [2.24, 2.45) is 0 Å². The summed E-state index contributed by atoms with van der Waals surface area (Å²) in [7, 11) is 4.16. The molecule has 1 aromatic carbocycles. The topological polar surface area (TPSA) is 25.2 Å². The predicted molar refractivity (Wildman–Crippen MR) is 70.5 cm³/mol. The van der Waals surface area contributed by atoms with Gasteiger partial charge in [0.2, 0.25) is 0 Å². The standard InChI is InChI=1S/C14H18N2O/c1-15(2)8-4-9-16-10-7-13-12(11-17)5-3-6-14(13)16/h3,5-7,10-11H,4,8-9H2,1-2H3. The van der Waals surface area contributed by atoms with Crippen molar-refractivity contribution in [2.45, 2.75) is 13.0 Å². The second-order valence-corrected chi connectivity index (χ2v) is 4.56. The van der Waals surface area contributed by atoms with Crippen molar-refractivity contribution >= 4 is 17.2 Å². The number of benzene rings is 1. The van der Waals surface area contributed by atoms with Crippen LogP contribution in [0.2, 0.25) is 0 Å². The van der Waals surface area contributed by atoms with Gasteiger partial charge in [-0.15, -0.1) is 0 Å². The van der Waals surface area contributed by atoms with E-state index < -0.39 is 0 Å². The first kappa shape index (κ1) is 11.9. The minimum atomic E-state index is 0.772. The predicted octanol–water partition coefficient (Wildman–Crippen LogP) is 2.41. The minimum absolute atomic E-state index is 0.772. The molecule has 3 nitrogen and oxygen atoms in total. The maximum Gasteiger partial charge on any atom is 0.150 e. The molecule has 0 aliphatic carbocycles. The molecule has 0 fully saturated rings. The van der Waals surface area contributed by atoms with E-state index >= 15 is 0 Å². The molecule has 1 aromatic heterocycles. The highest BCUT2D eigenvalue weighted by molar-refractivity contribution is 5.97. The summed E-state index contributed by atoms with van der Waals surface area (Å²) >= 11 is 0. The molecule has 0 spiro atoms. The quantitative estimate of drug-likeness (QED) is 0.737. The van der Waals surface area contributed by atoms with Crippen LogP contribution in [0.3, 0.4) is 0 Å². The smallest absolute Gasteiger partial charge is 0.150 e. The molecule has 90 valence electrons. The highest BCUT2D eigenvalue weighted by Crippen LogP contribution is 2.19. The van der Waals surface area contributed by atoms with Gasteiger partial charge >= 0.3 is 0 Å². The van der Waals surface area contributed by atoms with Crippen LogP contribution >= 0.6 is 0 Å². The van der Waals surface area contributed by atoms with Gasteiger partial charge in [-0.05, 0) is 39.2 Å². The summed E-state index contributed by atoms with van der Waals surface area (Å²) in [6, 6.07) is 7.89. The van der Waals surface area contributed by atoms with Crippen LogP contribution in [0.4, 0.5) is 0 Å². The number of rotatable bonds is 5. The molecule has 0 saturated heterocycles. The molecule has 0 radical (unpaired) electrons. The van der Waals surface area contributed by atoms with Gasteiger partial charge in [0.05, 0.1) is 0 Å². The van der Waals surface area contributed by atoms with Crippen molar-refractivity contribution in [3.8, 4) is 0 Å². The van der Waals surface area contributed by atoms with Gasteiger partial charge < -0.3 is 9.47 Å². The summed E-state index contributed by atoms with van der Waals surface area (Å²) < 4.78 is 2.21. The molecule has 0 N–H and O–H groups in total. The van der Waals surface area contributed by atoms with Gasteiger partial charge in [-0.2, -0.15) is 0 Å². The van der Waals surface area contributed by atoms with Crippen molar-refractivity contribution in [3.63, 3.8) is 0 Å². The van der Waals surface area contributed by atoms with Gasteiger partial charge in [0.25, 0.3) is 0 Å². The Morgan fingerprint density at radius 2 is 2.12 bits per heavy atom. The Morgan fingerprint density at radius 1 is 1.29 bits per heavy atom. The number of aryl methyl sites for hydroxylation is 1. The SMILES string of the molecule is CN(C)CCCn1ccc2c(C=O)cccc21. The molecule has 0 unspecified atom stereocenters. The second kappa shape index (κ2) is 5.15. The Labute approximate surface area is 102 Å². The van der Waals surface area contributed by atoms with Gasteiger partial charge in [-0.1, -0.05) is 12.1 Å². The average molecular weight is 230 g/mol. The van der Waals surface area contributed by atoms with Crippen molar-refractivity contribution in [1.82, 2.24) is 9.47 Å². The Hall–Kier alpha value is -1.61. The molecule has 0 aliphatic rings. The lowest BCUT2D eigenvalue weighted by Gasteiger charge is -2.10. The highest BCUT2D eigenvalue weighted by atomic mass is 16.1. The number of carbonyl (C=O) groups excluding carboxylic acids is 1. The maximum atomic E-state index is 10.9. The van der Waals surface area contributed by atoms with Gasteiger partial charge in [-0.3, -0.25) is 4.79 Å². The van der Waals surface area contributed by atoms with E-state index in [0.717, 1.165) is 42.3 Å². The molecular formula is C14H18N2O. The zero-order chi connectivity index (χ0) is 12.3. The van der Waals surface area contributed by atoms with Crippen LogP contribution in [-0.2, 0) is 6.54 Å². The highest BCUT2D eigenvalue weighted by Gasteiger charge is 2.04. The number of aromatic nitrogens is 1. The number of fused-ring (bicyclic) bond motifs is 1. The van der Waals surface area contributed by atoms with Crippen molar-refractivity contribution < 1.29 is 4.79 Å². The zero-order valence-electron chi connectivity index (χ0n) is 10.4. The summed E-state index contributed by atoms with van der Waals surface area (Å²) in [5, 5.41) is 1.05. The van der Waals surface area contributed by atoms with E-state index in [1.54, 1.807) is 0 Å². The van der Waals surface area contributed by atoms with Crippen molar-refractivity contribution in [3.05, 3.63) is 36.0 Å². The summed E-state index contributed by atoms with van der Waals surface area (Å²) in [4.78, 5) is 13.1. The first-order valence-corrected chi connectivity index (χ1v) is 5.90. The molecule has 3 heteroatoms. The lowest BCUT2D eigenvalue weighted by molar-refractivity contribution is 0.112. The summed E-state index contributed by atoms with van der Waals surface area (Å²) in [6.07, 6.45) is 4.10. The number of hydrogen-bond acceptors (Lipinski definition) is 2. The molecule has 0 aliphatic heterocycles. The summed E-state index contributed by atoms with van der Waals surface area (Å²) in [5.74, 6) is 0. The Bertz CT molecular complexity index is 514. The van der Waals surface area contributed by atoms with E-state index in [4.69, 9.17) is 0 Å². The summed E-state index contributed by atoms with van der Waals surface area (Å²) in [6.45, 7) is 2.07. The van der Waals surface area contributed by atoms with Crippen LogP contribution < -0.4 is 0 Å². The van der Waals surface area contributed by atoms with E-state index in [-0.39, 0.29) is 0 Å². The maximum absolute atomic E-state index is 10.9. The lowest BCUT2D eigenvalue weighted by Crippen LogP contribution is -2.14. The molecule has 0 amide bonds. The average Bonchev–Trinajstić information content (AvgIpc) is 2.72. The summed E-state index contributed by atoms with van der Waals surface area (Å²) in [5.41, 5.74) is 1.92. The third-order valence-corrected chi connectivity index (χ3v) is 2.98. The Kier molecular flexibility index (Phi) is 3.59. The van der Waals surface area contributed by atoms with Crippen LogP contribution in [-0.4, -0.2) is 36.4 Å². The lowest BCUT2D eigenvalue weighted by atomic mass is 10.1. The molecular weight excluding hydrogens is 212 g/mol. The number of hydrogen-bond donors (Lipinski definition) is 0. The van der Waals surface area contributed by atoms with E-state index in [2.05, 4.69) is 35.8 Å². The number of aldehydes is 1. The van der Waals surface area contributed by atoms with Crippen LogP contribution in [0.5, 0.6) is 0 Å². The number of carbonyl (C=O) groups is 1. The van der Waals surface area contributed by atoms with Crippen molar-refractivity contribution in [2.75, 3.05) is 20.6 Å². The Morgan fingerprint density at radius 3 is 2.82 bits per heavy atom. The third-order valence-electron chi connectivity index (χ3n) is 2.98. The first-order valence-electron chi connectivity index (χ1n) is 5.90. The van der Waals surface area contributed by atoms with Gasteiger partial charge in [0.1, 0.15) is 0 Å². The second-order valence-electron chi connectivity index (χ2n) is 4.56. The largest absolute Gasteiger partial charge is 0.347 e. The molecule has 17 heavy (non-hydrogen) atoms. The van der Waals surface area contributed by atoms with Crippen LogP contribution in [0.15, 0.2) is 30.5 Å². The molecule has 0 bridgehead atoms. The van der Waals surface area contributed by atoms with E-state index in [9.17, 15) is 4.79 Å². The molecule has 0 atom stereocenters. The van der Waals surface area contributed by atoms with Gasteiger partial charge in [-0.25, -0.2) is 0 Å². The van der Waals surface area contributed by atoms with E-state index in [1.807, 2.05) is 18.2 Å². The molecule has 2 aromatic rings. The van der Waals surface area contributed by atoms with Crippen LogP contribution in [0, 0.1) is 0 Å². The number of nitrogens with zero attached hydrogens (tertiary/aromatic N) is 2. The fourth-order valence-corrected chi connectivity index (χ4v) is 2.10. The minimum Gasteiger partial charge on any atom is -0.347 e. The molecule has 2 rings (SSSR count). The fourth-order valence-electron chi connectivity index (χ4n) is 2.10. The van der Waals surface area contributed by atoms with Gasteiger partial charge in [0.15, 0.2) is 6.29 Å². The molecule has 0 saturated carbocycles. The van der Waals surface area contributed by atoms with Crippen LogP contribution in [0.25, 0.3) is 10.9 Å². The fraction of sp³-hybridized carbons (Fsp3) is 0.357. The zero-order valence-corrected chi connectivity index (χ0v) is 10.4. The molecule has 1 heterocycles. The van der Waals surface area contributed by atoms with Gasteiger partial charge in [0, 0.05) is 29.2 Å². The van der Waals surface area contributed by atoms with E-state index in [0.29, 0.717) is 0 Å². The first-order chi connectivity index (χ1) is 8.22. The monoisotopic (exact) mass is 230 g/mol. The third kappa shape index (κ3) is 2.56. The normalized spacial score (nSPS) is 11.2. The van der Waals surface area contributed by atoms with Crippen molar-refractivity contribution in [1.29, 1.82) is 0 Å².